The van der Waals surface area contributed by atoms with Crippen molar-refractivity contribution >= 4 is 87.5 Å². The third-order valence-electron chi connectivity index (χ3n) is 15.6. The first-order valence-corrected chi connectivity index (χ1v) is 26.5. The molecule has 0 aliphatic heterocycles. The first-order valence-electron chi connectivity index (χ1n) is 26.5. The van der Waals surface area contributed by atoms with Crippen LogP contribution in [0.2, 0.25) is 0 Å². The lowest BCUT2D eigenvalue weighted by Gasteiger charge is -2.16. The molecule has 0 saturated carbocycles. The van der Waals surface area contributed by atoms with Crippen LogP contribution in [0, 0.1) is 0 Å². The number of fused-ring (bicyclic) bond motifs is 12. The minimum Gasteiger partial charge on any atom is -0.316 e. The predicted octanol–water partition coefficient (Wildman–Crippen LogP) is 18.7. The van der Waals surface area contributed by atoms with Gasteiger partial charge in [0, 0.05) is 78.4 Å². The Hall–Kier alpha value is -10.6. The molecule has 0 aliphatic rings. The van der Waals surface area contributed by atoms with E-state index in [0.29, 0.717) is 0 Å². The molecule has 16 aromatic rings. The highest BCUT2D eigenvalue weighted by molar-refractivity contribution is 6.27. The molecule has 6 heteroatoms. The average Bonchev–Trinajstić information content (AvgIpc) is 3.98. The fraction of sp³-hybridized carbons (Fsp3) is 0. The normalized spacial score (nSPS) is 11.7. The molecule has 0 atom stereocenters. The summed E-state index contributed by atoms with van der Waals surface area (Å²) in [6.07, 6.45) is 7.72. The summed E-state index contributed by atoms with van der Waals surface area (Å²) in [6.45, 7) is 6.72. The SMILES string of the molecule is C=CC=C.c1ccc(-n2ccc3c(-n4c5cccc(-n6ccc7ccccc76)c5c5c6ccc(-c7cccc8c9c%10ccccc%10n(-c%10ccccc%10)c9n(-c9ccccc9)c78)cc6n(-c6ccccc6)c54)cccc32)cc1. The van der Waals surface area contributed by atoms with E-state index in [1.165, 1.54) is 59.6 Å². The van der Waals surface area contributed by atoms with Crippen LogP contribution < -0.4 is 0 Å². The molecule has 16 rings (SSSR count). The maximum Gasteiger partial charge on any atom is 0.131 e. The number of rotatable bonds is 8. The van der Waals surface area contributed by atoms with E-state index >= 15 is 0 Å². The summed E-state index contributed by atoms with van der Waals surface area (Å²) in [5.41, 5.74) is 18.2. The van der Waals surface area contributed by atoms with Crippen LogP contribution in [0.5, 0.6) is 0 Å². The average molecular weight is 999 g/mol. The molecule has 0 N–H and O–H groups in total. The van der Waals surface area contributed by atoms with Crippen LogP contribution in [0.15, 0.2) is 292 Å². The van der Waals surface area contributed by atoms with Crippen LogP contribution in [-0.2, 0) is 0 Å². The van der Waals surface area contributed by atoms with Gasteiger partial charge in [0.2, 0.25) is 0 Å². The van der Waals surface area contributed by atoms with Crippen LogP contribution in [0.3, 0.4) is 0 Å². The zero-order valence-electron chi connectivity index (χ0n) is 42.7. The maximum absolute atomic E-state index is 3.36. The van der Waals surface area contributed by atoms with Gasteiger partial charge in [0.15, 0.2) is 0 Å². The van der Waals surface area contributed by atoms with E-state index in [1.54, 1.807) is 12.2 Å². The number of aromatic nitrogens is 6. The Morgan fingerprint density at radius 1 is 0.295 bits per heavy atom. The van der Waals surface area contributed by atoms with Crippen molar-refractivity contribution in [2.45, 2.75) is 0 Å². The van der Waals surface area contributed by atoms with Crippen molar-refractivity contribution in [2.24, 2.45) is 0 Å². The van der Waals surface area contributed by atoms with Gasteiger partial charge in [0.1, 0.15) is 11.3 Å². The Morgan fingerprint density at radius 3 is 1.53 bits per heavy atom. The number of allylic oxidation sites excluding steroid dienone is 2. The van der Waals surface area contributed by atoms with E-state index in [2.05, 4.69) is 308 Å². The smallest absolute Gasteiger partial charge is 0.131 e. The Morgan fingerprint density at radius 2 is 0.821 bits per heavy atom. The molecule has 0 bridgehead atoms. The van der Waals surface area contributed by atoms with Crippen LogP contribution in [0.4, 0.5) is 0 Å². The van der Waals surface area contributed by atoms with E-state index in [9.17, 15) is 0 Å². The van der Waals surface area contributed by atoms with Crippen molar-refractivity contribution < 1.29 is 0 Å². The minimum atomic E-state index is 1.09. The molecular formula is C72H50N6. The van der Waals surface area contributed by atoms with Crippen LogP contribution >= 0.6 is 0 Å². The number of hydrogen-bond acceptors (Lipinski definition) is 0. The van der Waals surface area contributed by atoms with Crippen molar-refractivity contribution in [2.75, 3.05) is 0 Å². The van der Waals surface area contributed by atoms with Gasteiger partial charge in [-0.05, 0) is 114 Å². The molecule has 10 aromatic carbocycles. The number of hydrogen-bond donors (Lipinski definition) is 0. The van der Waals surface area contributed by atoms with Gasteiger partial charge >= 0.3 is 0 Å². The number of nitrogens with zero attached hydrogens (tertiary/aromatic N) is 6. The molecule has 0 unspecified atom stereocenters. The Balaban J connectivity index is 0.00000128. The lowest BCUT2D eigenvalue weighted by molar-refractivity contribution is 1.07. The van der Waals surface area contributed by atoms with Gasteiger partial charge in [-0.2, -0.15) is 0 Å². The second-order valence-electron chi connectivity index (χ2n) is 19.8. The predicted molar refractivity (Wildman–Crippen MR) is 328 cm³/mol. The lowest BCUT2D eigenvalue weighted by Crippen LogP contribution is -2.03. The molecule has 6 nitrogen and oxygen atoms in total. The zero-order chi connectivity index (χ0) is 51.8. The van der Waals surface area contributed by atoms with Crippen molar-refractivity contribution in [3.8, 4) is 45.3 Å². The van der Waals surface area contributed by atoms with Crippen molar-refractivity contribution in [3.63, 3.8) is 0 Å². The lowest BCUT2D eigenvalue weighted by atomic mass is 9.99. The summed E-state index contributed by atoms with van der Waals surface area (Å²) in [7, 11) is 0. The first kappa shape index (κ1) is 44.9. The molecule has 6 aromatic heterocycles. The molecule has 0 radical (unpaired) electrons. The van der Waals surface area contributed by atoms with E-state index in [0.717, 1.165) is 73.1 Å². The second kappa shape index (κ2) is 18.1. The summed E-state index contributed by atoms with van der Waals surface area (Å²) in [5, 5.41) is 9.66. The Labute approximate surface area is 450 Å². The molecule has 6 heterocycles. The Bertz CT molecular complexity index is 4980. The fourth-order valence-corrected chi connectivity index (χ4v) is 12.4. The van der Waals surface area contributed by atoms with Crippen LogP contribution in [0.1, 0.15) is 0 Å². The molecule has 0 aliphatic carbocycles. The van der Waals surface area contributed by atoms with E-state index in [4.69, 9.17) is 0 Å². The third kappa shape index (κ3) is 6.70. The van der Waals surface area contributed by atoms with Crippen molar-refractivity contribution in [1.82, 2.24) is 27.4 Å². The van der Waals surface area contributed by atoms with Gasteiger partial charge in [0.25, 0.3) is 0 Å². The molecule has 0 fully saturated rings. The van der Waals surface area contributed by atoms with Gasteiger partial charge in [-0.25, -0.2) is 0 Å². The highest BCUT2D eigenvalue weighted by Crippen LogP contribution is 2.48. The van der Waals surface area contributed by atoms with Crippen molar-refractivity contribution in [1.29, 1.82) is 0 Å². The summed E-state index contributed by atoms with van der Waals surface area (Å²) < 4.78 is 14.7. The van der Waals surface area contributed by atoms with Gasteiger partial charge < -0.3 is 9.13 Å². The van der Waals surface area contributed by atoms with Gasteiger partial charge in [-0.1, -0.05) is 177 Å². The quantitative estimate of drug-likeness (QED) is 0.136. The molecule has 368 valence electrons. The third-order valence-corrected chi connectivity index (χ3v) is 15.6. The van der Waals surface area contributed by atoms with Crippen LogP contribution in [0.25, 0.3) is 133 Å². The molecular weight excluding hydrogens is 949 g/mol. The monoisotopic (exact) mass is 998 g/mol. The van der Waals surface area contributed by atoms with Crippen molar-refractivity contribution in [3.05, 3.63) is 292 Å². The zero-order valence-corrected chi connectivity index (χ0v) is 42.7. The summed E-state index contributed by atoms with van der Waals surface area (Å²) in [6, 6.07) is 93.0. The molecule has 0 saturated heterocycles. The highest BCUT2D eigenvalue weighted by Gasteiger charge is 2.28. The number of para-hydroxylation sites is 7. The topological polar surface area (TPSA) is 29.6 Å². The molecule has 78 heavy (non-hydrogen) atoms. The van der Waals surface area contributed by atoms with E-state index in [-0.39, 0.29) is 0 Å². The highest BCUT2D eigenvalue weighted by atomic mass is 15.2. The Kier molecular flexibility index (Phi) is 10.4. The van der Waals surface area contributed by atoms with E-state index in [1.807, 2.05) is 0 Å². The maximum atomic E-state index is 3.36. The van der Waals surface area contributed by atoms with Crippen LogP contribution in [-0.4, -0.2) is 27.4 Å². The summed E-state index contributed by atoms with van der Waals surface area (Å²) in [5.74, 6) is 0. The second-order valence-corrected chi connectivity index (χ2v) is 19.8. The first-order chi connectivity index (χ1) is 38.7. The van der Waals surface area contributed by atoms with Gasteiger partial charge in [-0.3, -0.25) is 18.3 Å². The van der Waals surface area contributed by atoms with Gasteiger partial charge in [0.05, 0.1) is 44.5 Å². The standard InChI is InChI=1S/C68H44N6.C4H6/c1-5-21-47(22-6-1)69-43-41-52-57(69)34-18-35-58(52)74-61-37-19-36-60(70-42-40-45-20-13-15-32-56(45)70)65(61)64-54-39-38-46(44-62(54)72(68(64)74)49-25-9-3-10-26-49)51-30-17-31-55-63-53-29-14-16-33-59(53)71(48-23-7-2-8-24-48)67(63)73(66(51)55)50-27-11-4-12-28-50;1-3-4-2/h1-44H;3-4H,1-2H2. The van der Waals surface area contributed by atoms with E-state index < -0.39 is 0 Å². The number of benzene rings is 10. The largest absolute Gasteiger partial charge is 0.316 e. The summed E-state index contributed by atoms with van der Waals surface area (Å²) >= 11 is 0. The summed E-state index contributed by atoms with van der Waals surface area (Å²) in [4.78, 5) is 0. The van der Waals surface area contributed by atoms with Gasteiger partial charge in [-0.15, -0.1) is 0 Å². The fourth-order valence-electron chi connectivity index (χ4n) is 12.4. The minimum absolute atomic E-state index is 1.09. The molecule has 0 spiro atoms. The molecule has 0 amide bonds.